The smallest absolute Gasteiger partial charge is 0.138 e. The summed E-state index contributed by atoms with van der Waals surface area (Å²) in [5.41, 5.74) is 7.51. The fourth-order valence-corrected chi connectivity index (χ4v) is 9.17. The Balaban J connectivity index is 1.05. The monoisotopic (exact) mass is 782 g/mol. The Hall–Kier alpha value is -6.66. The molecule has 60 heavy (non-hydrogen) atoms. The summed E-state index contributed by atoms with van der Waals surface area (Å²) in [6, 6.07) is 48.1. The molecule has 8 aromatic rings. The van der Waals surface area contributed by atoms with Gasteiger partial charge in [-0.25, -0.2) is 0 Å². The van der Waals surface area contributed by atoms with Crippen LogP contribution in [0.3, 0.4) is 0 Å². The van der Waals surface area contributed by atoms with Gasteiger partial charge < -0.3 is 9.80 Å². The first-order valence-corrected chi connectivity index (χ1v) is 21.0. The molecule has 10 rings (SSSR count). The Morgan fingerprint density at radius 2 is 0.683 bits per heavy atom. The van der Waals surface area contributed by atoms with Gasteiger partial charge >= 0.3 is 0 Å². The summed E-state index contributed by atoms with van der Waals surface area (Å²) >= 11 is 0. The number of para-hydroxylation sites is 2. The highest BCUT2D eigenvalue weighted by Crippen LogP contribution is 2.45. The number of pyridine rings is 2. The number of amidine groups is 2. The number of nitrogens with zero attached hydrogens (tertiary/aromatic N) is 6. The lowest BCUT2D eigenvalue weighted by Gasteiger charge is -2.41. The second-order valence-corrected chi connectivity index (χ2v) is 18.4. The number of fused-ring (bicyclic) bond motifs is 6. The molecule has 0 saturated heterocycles. The van der Waals surface area contributed by atoms with Crippen LogP contribution in [0, 0.1) is 0 Å². The Morgan fingerprint density at radius 3 is 1.08 bits per heavy atom. The maximum absolute atomic E-state index is 5.33. The molecule has 2 aliphatic heterocycles. The molecule has 2 aromatic heterocycles. The fourth-order valence-electron chi connectivity index (χ4n) is 9.17. The summed E-state index contributed by atoms with van der Waals surface area (Å²) in [6.45, 7) is 18.0. The first kappa shape index (κ1) is 37.6. The van der Waals surface area contributed by atoms with Gasteiger partial charge in [-0.05, 0) is 147 Å². The third kappa shape index (κ3) is 5.76. The third-order valence-electron chi connectivity index (χ3n) is 13.8. The average molecular weight is 783 g/mol. The minimum Gasteiger partial charge on any atom is -0.318 e. The lowest BCUT2D eigenvalue weighted by molar-refractivity contribution is 0.338. The molecule has 0 atom stereocenters. The van der Waals surface area contributed by atoms with E-state index < -0.39 is 0 Å². The molecule has 0 fully saturated rings. The molecule has 0 amide bonds. The van der Waals surface area contributed by atoms with E-state index in [0.717, 1.165) is 56.4 Å². The van der Waals surface area contributed by atoms with Gasteiger partial charge in [-0.3, -0.25) is 20.0 Å². The van der Waals surface area contributed by atoms with E-state index in [2.05, 4.69) is 199 Å². The SMILES string of the molecule is CC1(C)N=C(c2cncc(-c3ccc4c5ccc(-c6cncc(C7=NC(C)(C)C(C)(C)N7c7ccccc7)c6)cc5c5ccccc5c4c3)c2)N(c2ccccc2)C1(C)C. The van der Waals surface area contributed by atoms with Crippen LogP contribution >= 0.6 is 0 Å². The molecule has 6 aromatic carbocycles. The predicted octanol–water partition coefficient (Wildman–Crippen LogP) is 12.9. The van der Waals surface area contributed by atoms with E-state index in [0.29, 0.717) is 0 Å². The van der Waals surface area contributed by atoms with Gasteiger partial charge in [0.25, 0.3) is 0 Å². The van der Waals surface area contributed by atoms with Crippen LogP contribution in [0.25, 0.3) is 54.6 Å². The molecule has 4 heterocycles. The minimum absolute atomic E-state index is 0.246. The van der Waals surface area contributed by atoms with Gasteiger partial charge in [0, 0.05) is 58.4 Å². The van der Waals surface area contributed by atoms with Crippen LogP contribution in [0.1, 0.15) is 66.5 Å². The highest BCUT2D eigenvalue weighted by atomic mass is 15.3. The number of benzene rings is 6. The summed E-state index contributed by atoms with van der Waals surface area (Å²) in [6.07, 6.45) is 7.84. The van der Waals surface area contributed by atoms with Gasteiger partial charge in [0.15, 0.2) is 0 Å². The van der Waals surface area contributed by atoms with Gasteiger partial charge in [-0.2, -0.15) is 0 Å². The quantitative estimate of drug-likeness (QED) is 0.158. The number of rotatable bonds is 6. The van der Waals surface area contributed by atoms with E-state index in [1.165, 1.54) is 32.3 Å². The van der Waals surface area contributed by atoms with Crippen molar-refractivity contribution >= 4 is 55.4 Å². The van der Waals surface area contributed by atoms with E-state index in [4.69, 9.17) is 20.0 Å². The van der Waals surface area contributed by atoms with Crippen LogP contribution in [0.15, 0.2) is 168 Å². The van der Waals surface area contributed by atoms with Crippen LogP contribution in [-0.4, -0.2) is 43.8 Å². The number of hydrogen-bond acceptors (Lipinski definition) is 6. The van der Waals surface area contributed by atoms with E-state index in [1.54, 1.807) is 0 Å². The molecule has 296 valence electrons. The lowest BCUT2D eigenvalue weighted by atomic mass is 9.83. The Morgan fingerprint density at radius 1 is 0.333 bits per heavy atom. The van der Waals surface area contributed by atoms with Crippen molar-refractivity contribution in [3.8, 4) is 22.3 Å². The predicted molar refractivity (Wildman–Crippen MR) is 253 cm³/mol. The highest BCUT2D eigenvalue weighted by Gasteiger charge is 2.51. The van der Waals surface area contributed by atoms with Crippen LogP contribution in [0.4, 0.5) is 11.4 Å². The molecule has 0 spiro atoms. The Labute approximate surface area is 353 Å². The second-order valence-electron chi connectivity index (χ2n) is 18.4. The van der Waals surface area contributed by atoms with E-state index in [1.807, 2.05) is 24.8 Å². The first-order valence-electron chi connectivity index (χ1n) is 21.0. The molecular weight excluding hydrogens is 733 g/mol. The number of hydrogen-bond donors (Lipinski definition) is 0. The third-order valence-corrected chi connectivity index (χ3v) is 13.8. The molecule has 0 aliphatic carbocycles. The largest absolute Gasteiger partial charge is 0.318 e. The number of anilines is 2. The summed E-state index contributed by atoms with van der Waals surface area (Å²) in [5, 5.41) is 7.31. The zero-order valence-corrected chi connectivity index (χ0v) is 35.7. The van der Waals surface area contributed by atoms with Crippen molar-refractivity contribution < 1.29 is 0 Å². The number of aliphatic imine (C=N–C) groups is 2. The molecule has 6 nitrogen and oxygen atoms in total. The molecule has 6 heteroatoms. The Kier molecular flexibility index (Phi) is 8.42. The number of aromatic nitrogens is 2. The molecule has 0 N–H and O–H groups in total. The van der Waals surface area contributed by atoms with Crippen LogP contribution < -0.4 is 9.80 Å². The van der Waals surface area contributed by atoms with Crippen molar-refractivity contribution in [3.05, 3.63) is 169 Å². The molecule has 0 radical (unpaired) electrons. The van der Waals surface area contributed by atoms with Gasteiger partial charge in [0.05, 0.1) is 22.2 Å². The van der Waals surface area contributed by atoms with E-state index in [-0.39, 0.29) is 22.2 Å². The first-order chi connectivity index (χ1) is 28.7. The summed E-state index contributed by atoms with van der Waals surface area (Å²) in [4.78, 5) is 25.0. The highest BCUT2D eigenvalue weighted by molar-refractivity contribution is 6.26. The molecule has 2 aliphatic rings. The lowest BCUT2D eigenvalue weighted by Crippen LogP contribution is -2.53. The summed E-state index contributed by atoms with van der Waals surface area (Å²) < 4.78 is 0. The summed E-state index contributed by atoms with van der Waals surface area (Å²) in [7, 11) is 0. The van der Waals surface area contributed by atoms with Crippen molar-refractivity contribution in [2.45, 2.75) is 77.5 Å². The zero-order valence-electron chi connectivity index (χ0n) is 35.7. The van der Waals surface area contributed by atoms with Crippen LogP contribution in [-0.2, 0) is 0 Å². The Bertz CT molecular complexity index is 2820. The molecular formula is C54H50N6. The zero-order chi connectivity index (χ0) is 41.6. The molecule has 0 unspecified atom stereocenters. The maximum atomic E-state index is 5.33. The second kappa shape index (κ2) is 13.4. The van der Waals surface area contributed by atoms with Crippen LogP contribution in [0.2, 0.25) is 0 Å². The summed E-state index contributed by atoms with van der Waals surface area (Å²) in [5.74, 6) is 1.88. The minimum atomic E-state index is -0.307. The van der Waals surface area contributed by atoms with Gasteiger partial charge in [0.2, 0.25) is 0 Å². The topological polar surface area (TPSA) is 57.0 Å². The van der Waals surface area contributed by atoms with Crippen molar-refractivity contribution in [1.29, 1.82) is 0 Å². The average Bonchev–Trinajstić information content (AvgIpc) is 3.58. The van der Waals surface area contributed by atoms with Crippen LogP contribution in [0.5, 0.6) is 0 Å². The molecule has 0 saturated carbocycles. The van der Waals surface area contributed by atoms with Crippen molar-refractivity contribution in [1.82, 2.24) is 9.97 Å². The normalized spacial score (nSPS) is 17.7. The fraction of sp³-hybridized carbons (Fsp3) is 0.222. The standard InChI is InChI=1S/C54H50N6/c1-51(2)53(5,6)59(41-17-11-9-12-18-41)49(57-51)39-27-37(31-55-33-39)35-23-25-45-46-26-24-36(30-48(46)44-22-16-15-21-43(44)47(45)29-35)38-28-40(34-56-32-38)50-58-52(3,4)54(7,8)60(50)42-19-13-10-14-20-42/h9-34H,1-8H3. The molecule has 0 bridgehead atoms. The van der Waals surface area contributed by atoms with Crippen molar-refractivity contribution in [3.63, 3.8) is 0 Å². The van der Waals surface area contributed by atoms with Crippen molar-refractivity contribution in [2.24, 2.45) is 9.98 Å². The van der Waals surface area contributed by atoms with Gasteiger partial charge in [0.1, 0.15) is 11.7 Å². The maximum Gasteiger partial charge on any atom is 0.138 e. The van der Waals surface area contributed by atoms with Gasteiger partial charge in [-0.15, -0.1) is 0 Å². The van der Waals surface area contributed by atoms with E-state index in [9.17, 15) is 0 Å². The van der Waals surface area contributed by atoms with Gasteiger partial charge in [-0.1, -0.05) is 84.9 Å². The van der Waals surface area contributed by atoms with E-state index >= 15 is 0 Å². The van der Waals surface area contributed by atoms with Crippen molar-refractivity contribution in [2.75, 3.05) is 9.80 Å².